The molecule has 4 aromatic carbocycles. The van der Waals surface area contributed by atoms with E-state index in [2.05, 4.69) is 107 Å². The Kier molecular flexibility index (Phi) is 14.6. The summed E-state index contributed by atoms with van der Waals surface area (Å²) in [6.45, 7) is 10.1. The summed E-state index contributed by atoms with van der Waals surface area (Å²) in [6, 6.07) is 23.4. The van der Waals surface area contributed by atoms with E-state index < -0.39 is 21.5 Å². The number of hydrogen-bond donors (Lipinski definition) is 3. The number of anilines is 1. The number of nitrogens with zero attached hydrogens (tertiary/aromatic N) is 2. The Morgan fingerprint density at radius 2 is 1.69 bits per heavy atom. The topological polar surface area (TPSA) is 146 Å². The van der Waals surface area contributed by atoms with Crippen molar-refractivity contribution < 1.29 is 51.2 Å². The third-order valence-corrected chi connectivity index (χ3v) is 14.0. The fraction of sp³-hybridized carbons (Fsp3) is 0.360. The van der Waals surface area contributed by atoms with Crippen LogP contribution in [0.2, 0.25) is 0 Å². The van der Waals surface area contributed by atoms with Crippen LogP contribution in [0.1, 0.15) is 96.6 Å². The van der Waals surface area contributed by atoms with Crippen LogP contribution in [0.4, 0.5) is 15.8 Å². The summed E-state index contributed by atoms with van der Waals surface area (Å²) >= 11 is 1.05. The molecule has 3 N–H and O–H groups in total. The first-order chi connectivity index (χ1) is 30.6. The fourth-order valence-corrected chi connectivity index (χ4v) is 10.3. The van der Waals surface area contributed by atoms with Crippen LogP contribution in [-0.4, -0.2) is 58.4 Å². The lowest BCUT2D eigenvalue weighted by atomic mass is 9.80. The summed E-state index contributed by atoms with van der Waals surface area (Å²) < 4.78 is 61.9. The lowest BCUT2D eigenvalue weighted by molar-refractivity contribution is -0.438. The molecule has 338 valence electrons. The molecule has 7 rings (SSSR count). The Morgan fingerprint density at radius 1 is 0.906 bits per heavy atom. The summed E-state index contributed by atoms with van der Waals surface area (Å²) in [4.78, 5) is 13.3. The SMILES string of the molecule is CC1(C)C(/C=C/C2=C(Oc3ccc(S(=O)(=O)O)cc3)C(=C/C=C3/N(CCCCSOOO)c4ccc5ccccc5c4C3(C)C)/CCC2)=[N+](CCCCCC(=O)O)c2ccc(F)cc21. The second kappa shape index (κ2) is 20.0. The number of fused-ring (bicyclic) bond motifs is 4. The Bertz CT molecular complexity index is 2670. The molecule has 0 saturated heterocycles. The molecule has 11 nitrogen and oxygen atoms in total. The van der Waals surface area contributed by atoms with E-state index in [4.69, 9.17) is 9.99 Å². The zero-order valence-corrected chi connectivity index (χ0v) is 38.3. The maximum atomic E-state index is 14.8. The maximum Gasteiger partial charge on any atom is 0.303 e. The van der Waals surface area contributed by atoms with Crippen LogP contribution in [0.3, 0.4) is 0 Å². The zero-order chi connectivity index (χ0) is 45.6. The molecule has 0 atom stereocenters. The highest BCUT2D eigenvalue weighted by Gasteiger charge is 2.45. The van der Waals surface area contributed by atoms with Gasteiger partial charge in [0.1, 0.15) is 23.9 Å². The monoisotopic (exact) mass is 911 g/mol. The molecule has 0 fully saturated rings. The van der Waals surface area contributed by atoms with E-state index in [0.717, 1.165) is 96.6 Å². The van der Waals surface area contributed by atoms with E-state index in [1.54, 1.807) is 6.07 Å². The smallest absolute Gasteiger partial charge is 0.303 e. The summed E-state index contributed by atoms with van der Waals surface area (Å²) in [5, 5.41) is 23.9. The molecule has 4 aromatic rings. The van der Waals surface area contributed by atoms with Crippen molar-refractivity contribution in [2.45, 2.75) is 101 Å². The predicted octanol–water partition coefficient (Wildman–Crippen LogP) is 11.8. The quantitative estimate of drug-likeness (QED) is 0.0206. The van der Waals surface area contributed by atoms with Gasteiger partial charge < -0.3 is 14.7 Å². The van der Waals surface area contributed by atoms with Crippen LogP contribution < -0.4 is 9.64 Å². The number of ether oxygens (including phenoxy) is 1. The van der Waals surface area contributed by atoms with Gasteiger partial charge in [-0.05, 0) is 141 Å². The number of benzene rings is 4. The Balaban J connectivity index is 1.31. The molecule has 2 heterocycles. The largest absolute Gasteiger partial charge is 0.481 e. The summed E-state index contributed by atoms with van der Waals surface area (Å²) in [7, 11) is -4.41. The van der Waals surface area contributed by atoms with Gasteiger partial charge >= 0.3 is 5.97 Å². The molecule has 0 aromatic heterocycles. The number of halogens is 1. The first-order valence-corrected chi connectivity index (χ1v) is 24.1. The molecule has 3 aliphatic rings. The van der Waals surface area contributed by atoms with Gasteiger partial charge in [0.25, 0.3) is 10.1 Å². The van der Waals surface area contributed by atoms with E-state index >= 15 is 0 Å². The van der Waals surface area contributed by atoms with Crippen molar-refractivity contribution in [3.05, 3.63) is 143 Å². The first-order valence-electron chi connectivity index (χ1n) is 21.8. The number of allylic oxidation sites excluding steroid dienone is 7. The van der Waals surface area contributed by atoms with Gasteiger partial charge in [-0.2, -0.15) is 13.0 Å². The minimum Gasteiger partial charge on any atom is -0.481 e. The average molecular weight is 912 g/mol. The summed E-state index contributed by atoms with van der Waals surface area (Å²) in [5.74, 6) is 0.570. The summed E-state index contributed by atoms with van der Waals surface area (Å²) in [5.41, 5.74) is 7.29. The number of carboxylic acid groups (broad SMARTS) is 1. The highest BCUT2D eigenvalue weighted by molar-refractivity contribution is 7.94. The number of rotatable bonds is 19. The highest BCUT2D eigenvalue weighted by Crippen LogP contribution is 2.51. The molecule has 0 bridgehead atoms. The third kappa shape index (κ3) is 10.2. The fourth-order valence-electron chi connectivity index (χ4n) is 9.38. The molecule has 2 aliphatic heterocycles. The first kappa shape index (κ1) is 46.9. The average Bonchev–Trinajstić information content (AvgIpc) is 3.60. The van der Waals surface area contributed by atoms with Crippen LogP contribution in [0.5, 0.6) is 5.75 Å². The molecular formula is C50H56FN2O9S2+. The molecule has 0 radical (unpaired) electrons. The third-order valence-electron chi connectivity index (χ3n) is 12.5. The van der Waals surface area contributed by atoms with Gasteiger partial charge in [0.05, 0.1) is 10.3 Å². The van der Waals surface area contributed by atoms with Crippen molar-refractivity contribution in [2.24, 2.45) is 0 Å². The number of hydrogen-bond acceptors (Lipinski definition) is 9. The minimum atomic E-state index is -4.41. The number of carboxylic acids is 1. The maximum absolute atomic E-state index is 14.8. The van der Waals surface area contributed by atoms with Gasteiger partial charge in [0.15, 0.2) is 5.71 Å². The number of aliphatic carboxylic acids is 1. The van der Waals surface area contributed by atoms with E-state index in [-0.39, 0.29) is 22.5 Å². The molecule has 0 amide bonds. The Labute approximate surface area is 379 Å². The van der Waals surface area contributed by atoms with Gasteiger partial charge in [-0.25, -0.2) is 9.65 Å². The normalized spacial score (nSPS) is 18.2. The van der Waals surface area contributed by atoms with Crippen LogP contribution in [0.25, 0.3) is 10.8 Å². The molecule has 64 heavy (non-hydrogen) atoms. The Morgan fingerprint density at radius 3 is 2.44 bits per heavy atom. The van der Waals surface area contributed by atoms with E-state index in [1.165, 1.54) is 46.7 Å². The standard InChI is InChI=1S/C50H55FN2O9S2/c1-49(2)41-33-37(51)21-27-42(41)52(30-9-5-6-17-46(54)55)44(49)28-19-35-14-12-15-36(48(35)60-38-22-24-39(25-23-38)64(57,58)59)20-29-45-50(3,4)47-40-16-8-7-13-34(40)18-26-43(47)53(45)31-10-11-32-63-62-61-56/h7-8,13,16,18-29,33H,5-6,9-12,14-15,17,30-32H2,1-4H3,(H2-,54,55,56,57,58,59)/p+1. The van der Waals surface area contributed by atoms with Crippen molar-refractivity contribution in [3.8, 4) is 5.75 Å². The molecule has 0 unspecified atom stereocenters. The van der Waals surface area contributed by atoms with E-state index in [1.807, 2.05) is 6.07 Å². The van der Waals surface area contributed by atoms with Gasteiger partial charge in [-0.1, -0.05) is 55.3 Å². The van der Waals surface area contributed by atoms with Crippen LogP contribution in [-0.2, 0) is 35.1 Å². The number of unbranched alkanes of at least 4 members (excludes halogenated alkanes) is 3. The van der Waals surface area contributed by atoms with Crippen molar-refractivity contribution in [3.63, 3.8) is 0 Å². The molecule has 1 aliphatic carbocycles. The van der Waals surface area contributed by atoms with Crippen molar-refractivity contribution >= 4 is 56.0 Å². The minimum absolute atomic E-state index is 0.114. The van der Waals surface area contributed by atoms with Gasteiger partial charge in [0.2, 0.25) is 5.69 Å². The van der Waals surface area contributed by atoms with E-state index in [0.29, 0.717) is 36.6 Å². The molecular weight excluding hydrogens is 856 g/mol. The molecule has 0 spiro atoms. The highest BCUT2D eigenvalue weighted by atomic mass is 32.2. The predicted molar refractivity (Wildman–Crippen MR) is 249 cm³/mol. The zero-order valence-electron chi connectivity index (χ0n) is 36.7. The Hall–Kier alpha value is -5.09. The van der Waals surface area contributed by atoms with Crippen molar-refractivity contribution in [1.29, 1.82) is 0 Å². The molecule has 0 saturated carbocycles. The van der Waals surface area contributed by atoms with Gasteiger partial charge in [0, 0.05) is 71.7 Å². The van der Waals surface area contributed by atoms with Crippen LogP contribution >= 0.6 is 12.0 Å². The van der Waals surface area contributed by atoms with Crippen molar-refractivity contribution in [1.82, 2.24) is 0 Å². The van der Waals surface area contributed by atoms with Crippen LogP contribution in [0, 0.1) is 5.82 Å². The van der Waals surface area contributed by atoms with Gasteiger partial charge in [-0.3, -0.25) is 9.35 Å². The second-order valence-corrected chi connectivity index (χ2v) is 19.7. The lowest BCUT2D eigenvalue weighted by Gasteiger charge is -2.28. The van der Waals surface area contributed by atoms with Crippen LogP contribution in [0.15, 0.2) is 131 Å². The van der Waals surface area contributed by atoms with E-state index in [9.17, 15) is 27.3 Å². The lowest BCUT2D eigenvalue weighted by Crippen LogP contribution is -2.28. The summed E-state index contributed by atoms with van der Waals surface area (Å²) in [6.07, 6.45) is 14.6. The van der Waals surface area contributed by atoms with Crippen molar-refractivity contribution in [2.75, 3.05) is 23.7 Å². The number of carbonyl (C=O) groups is 1. The van der Waals surface area contributed by atoms with Gasteiger partial charge in [-0.15, -0.1) is 4.33 Å². The second-order valence-electron chi connectivity index (χ2n) is 17.5. The molecule has 14 heteroatoms.